The zero-order chi connectivity index (χ0) is 26.3. The van der Waals surface area contributed by atoms with Crippen LogP contribution in [0, 0.1) is 5.82 Å². The summed E-state index contributed by atoms with van der Waals surface area (Å²) in [5, 5.41) is 3.31. The number of nitrogens with one attached hydrogen (secondary N) is 1. The number of benzene rings is 2. The average molecular weight is 547 g/mol. The molecule has 0 fully saturated rings. The molecule has 0 aliphatic heterocycles. The third-order valence-electron chi connectivity index (χ3n) is 5.26. The van der Waals surface area contributed by atoms with E-state index < -0.39 is 40.4 Å². The number of likely N-dealkylation sites (N-methyl/N-ethyl adjacent to an activating group) is 1. The maximum atomic E-state index is 13.7. The maximum absolute atomic E-state index is 13.7. The Morgan fingerprint density at radius 1 is 1.03 bits per heavy atom. The van der Waals surface area contributed by atoms with E-state index in [2.05, 4.69) is 5.32 Å². The van der Waals surface area contributed by atoms with Gasteiger partial charge in [0.25, 0.3) is 0 Å². The Morgan fingerprint density at radius 2 is 1.60 bits per heavy atom. The van der Waals surface area contributed by atoms with E-state index in [4.69, 9.17) is 23.2 Å². The van der Waals surface area contributed by atoms with Crippen LogP contribution in [0.3, 0.4) is 0 Å². The molecule has 0 radical (unpaired) electrons. The first-order valence-electron chi connectivity index (χ1n) is 10.9. The number of amides is 2. The summed E-state index contributed by atoms with van der Waals surface area (Å²) in [6.07, 6.45) is 0.261. The molecule has 12 heteroatoms. The van der Waals surface area contributed by atoms with Crippen molar-refractivity contribution in [3.63, 3.8) is 0 Å². The molecule has 0 aliphatic carbocycles. The summed E-state index contributed by atoms with van der Waals surface area (Å²) >= 11 is 12.7. The van der Waals surface area contributed by atoms with E-state index in [1.165, 1.54) is 31.1 Å². The third-order valence-corrected chi connectivity index (χ3v) is 7.79. The first kappa shape index (κ1) is 28.8. The Hall–Kier alpha value is -2.40. The molecule has 2 aromatic carbocycles. The van der Waals surface area contributed by atoms with Crippen LogP contribution in [0.5, 0.6) is 0 Å². The van der Waals surface area contributed by atoms with Crippen LogP contribution in [-0.2, 0) is 26.3 Å². The van der Waals surface area contributed by atoms with Crippen LogP contribution in [0.15, 0.2) is 42.5 Å². The molecule has 0 aliphatic rings. The predicted molar refractivity (Wildman–Crippen MR) is 136 cm³/mol. The molecule has 8 nitrogen and oxygen atoms in total. The standard InChI is InChI=1S/C23H29Cl2FN4O4S/c1-5-21(23(32)27-6-2)29(14-18-19(24)8-7-9-20(18)25)22(31)15-30(35(33,34)28(3)4)17-12-10-16(26)11-13-17/h7-13,21H,5-6,14-15H2,1-4H3,(H,27,32)/t21-/m1/s1. The Bertz CT molecular complexity index is 1130. The van der Waals surface area contributed by atoms with Gasteiger partial charge in [-0.15, -0.1) is 0 Å². The van der Waals surface area contributed by atoms with Gasteiger partial charge in [0, 0.05) is 42.8 Å². The van der Waals surface area contributed by atoms with E-state index in [1.807, 2.05) is 0 Å². The minimum Gasteiger partial charge on any atom is -0.355 e. The summed E-state index contributed by atoms with van der Waals surface area (Å²) in [6, 6.07) is 8.69. The summed E-state index contributed by atoms with van der Waals surface area (Å²) in [5.74, 6) is -1.61. The monoisotopic (exact) mass is 546 g/mol. The number of carbonyl (C=O) groups is 2. The van der Waals surface area contributed by atoms with E-state index in [0.717, 1.165) is 20.7 Å². The van der Waals surface area contributed by atoms with Gasteiger partial charge in [-0.2, -0.15) is 12.7 Å². The molecule has 1 N–H and O–H groups in total. The third kappa shape index (κ3) is 7.07. The molecule has 0 unspecified atom stereocenters. The molecule has 0 bridgehead atoms. The molecule has 0 spiro atoms. The van der Waals surface area contributed by atoms with Gasteiger partial charge in [0.05, 0.1) is 5.69 Å². The molecular formula is C23H29Cl2FN4O4S. The molecule has 2 aromatic rings. The maximum Gasteiger partial charge on any atom is 0.304 e. The lowest BCUT2D eigenvalue weighted by molar-refractivity contribution is -0.140. The molecule has 35 heavy (non-hydrogen) atoms. The van der Waals surface area contributed by atoms with Gasteiger partial charge >= 0.3 is 10.2 Å². The van der Waals surface area contributed by atoms with Gasteiger partial charge in [0.1, 0.15) is 18.4 Å². The summed E-state index contributed by atoms with van der Waals surface area (Å²) in [4.78, 5) is 27.7. The van der Waals surface area contributed by atoms with Crippen molar-refractivity contribution in [2.75, 3.05) is 31.5 Å². The summed E-state index contributed by atoms with van der Waals surface area (Å²) in [5.41, 5.74) is 0.519. The van der Waals surface area contributed by atoms with Crippen LogP contribution in [0.2, 0.25) is 10.0 Å². The van der Waals surface area contributed by atoms with E-state index in [-0.39, 0.29) is 18.7 Å². The highest BCUT2D eigenvalue weighted by Crippen LogP contribution is 2.28. The fourth-order valence-electron chi connectivity index (χ4n) is 3.39. The number of rotatable bonds is 11. The van der Waals surface area contributed by atoms with Crippen LogP contribution in [0.4, 0.5) is 10.1 Å². The largest absolute Gasteiger partial charge is 0.355 e. The number of halogens is 3. The minimum absolute atomic E-state index is 0.0928. The lowest BCUT2D eigenvalue weighted by Gasteiger charge is -2.34. The van der Waals surface area contributed by atoms with E-state index in [1.54, 1.807) is 32.0 Å². The van der Waals surface area contributed by atoms with Gasteiger partial charge in [-0.1, -0.05) is 36.2 Å². The molecule has 2 rings (SSSR count). The van der Waals surface area contributed by atoms with Crippen LogP contribution < -0.4 is 9.62 Å². The minimum atomic E-state index is -4.14. The molecular weight excluding hydrogens is 518 g/mol. The first-order valence-corrected chi connectivity index (χ1v) is 13.0. The number of anilines is 1. The zero-order valence-electron chi connectivity index (χ0n) is 20.0. The smallest absolute Gasteiger partial charge is 0.304 e. The molecule has 0 saturated carbocycles. The van der Waals surface area contributed by atoms with Gasteiger partial charge in [-0.25, -0.2) is 8.70 Å². The second-order valence-corrected chi connectivity index (χ2v) is 10.7. The molecule has 0 saturated heterocycles. The van der Waals surface area contributed by atoms with Crippen molar-refractivity contribution in [2.45, 2.75) is 32.9 Å². The van der Waals surface area contributed by atoms with Crippen molar-refractivity contribution in [3.8, 4) is 0 Å². The van der Waals surface area contributed by atoms with Gasteiger partial charge in [0.2, 0.25) is 11.8 Å². The zero-order valence-corrected chi connectivity index (χ0v) is 22.3. The Labute approximate surface area is 215 Å². The van der Waals surface area contributed by atoms with Crippen molar-refractivity contribution >= 4 is 50.9 Å². The average Bonchev–Trinajstić information content (AvgIpc) is 2.79. The topological polar surface area (TPSA) is 90.0 Å². The van der Waals surface area contributed by atoms with Gasteiger partial charge in [0.15, 0.2) is 0 Å². The van der Waals surface area contributed by atoms with Crippen LogP contribution in [0.25, 0.3) is 0 Å². The summed E-state index contributed by atoms with van der Waals surface area (Å²) in [7, 11) is -1.50. The second kappa shape index (κ2) is 12.5. The van der Waals surface area contributed by atoms with Gasteiger partial charge < -0.3 is 10.2 Å². The van der Waals surface area contributed by atoms with Crippen molar-refractivity contribution in [3.05, 3.63) is 63.9 Å². The van der Waals surface area contributed by atoms with Crippen molar-refractivity contribution in [1.82, 2.24) is 14.5 Å². The highest BCUT2D eigenvalue weighted by molar-refractivity contribution is 7.90. The first-order chi connectivity index (χ1) is 16.4. The van der Waals surface area contributed by atoms with E-state index in [0.29, 0.717) is 22.2 Å². The van der Waals surface area contributed by atoms with E-state index >= 15 is 0 Å². The van der Waals surface area contributed by atoms with Gasteiger partial charge in [-0.3, -0.25) is 9.59 Å². The Morgan fingerprint density at radius 3 is 2.09 bits per heavy atom. The number of hydrogen-bond acceptors (Lipinski definition) is 4. The Kier molecular flexibility index (Phi) is 10.3. The molecule has 192 valence electrons. The summed E-state index contributed by atoms with van der Waals surface area (Å²) in [6.45, 7) is 3.08. The number of carbonyl (C=O) groups excluding carboxylic acids is 2. The normalized spacial score (nSPS) is 12.3. The lowest BCUT2D eigenvalue weighted by atomic mass is 10.1. The highest BCUT2D eigenvalue weighted by Gasteiger charge is 2.34. The fraction of sp³-hybridized carbons (Fsp3) is 0.391. The molecule has 2 amide bonds. The highest BCUT2D eigenvalue weighted by atomic mass is 35.5. The Balaban J connectivity index is 2.55. The quantitative estimate of drug-likeness (QED) is 0.465. The molecule has 1 atom stereocenters. The van der Waals surface area contributed by atoms with Crippen molar-refractivity contribution < 1.29 is 22.4 Å². The van der Waals surface area contributed by atoms with E-state index in [9.17, 15) is 22.4 Å². The number of nitrogens with zero attached hydrogens (tertiary/aromatic N) is 3. The predicted octanol–water partition coefficient (Wildman–Crippen LogP) is 3.69. The summed E-state index contributed by atoms with van der Waals surface area (Å²) < 4.78 is 41.5. The van der Waals surface area contributed by atoms with Crippen LogP contribution in [-0.4, -0.2) is 62.7 Å². The van der Waals surface area contributed by atoms with Crippen molar-refractivity contribution in [2.24, 2.45) is 0 Å². The van der Waals surface area contributed by atoms with Crippen LogP contribution >= 0.6 is 23.2 Å². The SMILES string of the molecule is CCNC(=O)[C@@H](CC)N(Cc1c(Cl)cccc1Cl)C(=O)CN(c1ccc(F)cc1)S(=O)(=O)N(C)C. The number of hydrogen-bond donors (Lipinski definition) is 1. The molecule has 0 aromatic heterocycles. The van der Waals surface area contributed by atoms with Gasteiger partial charge in [-0.05, 0) is 49.7 Å². The fourth-order valence-corrected chi connectivity index (χ4v) is 4.96. The molecule has 0 heterocycles. The van der Waals surface area contributed by atoms with Crippen LogP contribution in [0.1, 0.15) is 25.8 Å². The van der Waals surface area contributed by atoms with Crippen molar-refractivity contribution in [1.29, 1.82) is 0 Å². The second-order valence-electron chi connectivity index (χ2n) is 7.81. The lowest BCUT2D eigenvalue weighted by Crippen LogP contribution is -2.53.